The molecule has 0 atom stereocenters. The normalized spacial score (nSPS) is 9.93. The molecule has 0 radical (unpaired) electrons. The summed E-state index contributed by atoms with van der Waals surface area (Å²) in [6.07, 6.45) is 3.00. The van der Waals surface area contributed by atoms with Gasteiger partial charge in [0.05, 0.1) is 6.20 Å². The minimum Gasteiger partial charge on any atom is -0.320 e. The number of aromatic nitrogens is 4. The van der Waals surface area contributed by atoms with E-state index in [1.165, 1.54) is 6.20 Å². The molecular weight excluding hydrogens is 194 g/mol. The smallest absolute Gasteiger partial charge is 0.277 e. The molecule has 2 rings (SSSR count). The first kappa shape index (κ1) is 9.32. The Morgan fingerprint density at radius 3 is 3.07 bits per heavy atom. The van der Waals surface area contributed by atoms with E-state index in [2.05, 4.69) is 25.7 Å². The highest BCUT2D eigenvalue weighted by atomic mass is 16.2. The Balaban J connectivity index is 2.13. The molecule has 76 valence electrons. The maximum Gasteiger partial charge on any atom is 0.277 e. The topological polar surface area (TPSA) is 83.6 Å². The van der Waals surface area contributed by atoms with Gasteiger partial charge in [0.2, 0.25) is 0 Å². The molecule has 0 saturated heterocycles. The van der Waals surface area contributed by atoms with Crippen LogP contribution in [0, 0.1) is 6.92 Å². The molecule has 6 nitrogen and oxygen atoms in total. The first-order valence-corrected chi connectivity index (χ1v) is 4.35. The van der Waals surface area contributed by atoms with E-state index in [9.17, 15) is 4.79 Å². The predicted molar refractivity (Wildman–Crippen MR) is 53.3 cm³/mol. The third-order valence-corrected chi connectivity index (χ3v) is 1.80. The lowest BCUT2D eigenvalue weighted by Gasteiger charge is -2.02. The molecule has 0 bridgehead atoms. The van der Waals surface area contributed by atoms with E-state index in [4.69, 9.17) is 0 Å². The number of pyridine rings is 1. The number of aryl methyl sites for hydroxylation is 1. The van der Waals surface area contributed by atoms with Crippen LogP contribution in [0.1, 0.15) is 16.2 Å². The van der Waals surface area contributed by atoms with Crippen LogP contribution < -0.4 is 5.32 Å². The molecule has 0 aliphatic heterocycles. The van der Waals surface area contributed by atoms with Crippen molar-refractivity contribution in [1.29, 1.82) is 0 Å². The lowest BCUT2D eigenvalue weighted by Crippen LogP contribution is -2.12. The van der Waals surface area contributed by atoms with Gasteiger partial charge in [-0.3, -0.25) is 9.78 Å². The van der Waals surface area contributed by atoms with Crippen molar-refractivity contribution in [3.8, 4) is 0 Å². The van der Waals surface area contributed by atoms with Gasteiger partial charge in [-0.25, -0.2) is 0 Å². The van der Waals surface area contributed by atoms with Crippen LogP contribution in [0.5, 0.6) is 0 Å². The number of aromatic amines is 1. The van der Waals surface area contributed by atoms with Gasteiger partial charge in [0.25, 0.3) is 5.91 Å². The van der Waals surface area contributed by atoms with Crippen LogP contribution in [0.15, 0.2) is 24.5 Å². The summed E-state index contributed by atoms with van der Waals surface area (Å²) in [7, 11) is 0. The molecule has 0 aliphatic rings. The van der Waals surface area contributed by atoms with Gasteiger partial charge in [-0.1, -0.05) is 0 Å². The fraction of sp³-hybridized carbons (Fsp3) is 0.111. The molecule has 0 aliphatic carbocycles. The Morgan fingerprint density at radius 1 is 1.53 bits per heavy atom. The van der Waals surface area contributed by atoms with Crippen LogP contribution in [0.3, 0.4) is 0 Å². The zero-order valence-electron chi connectivity index (χ0n) is 8.06. The van der Waals surface area contributed by atoms with E-state index in [0.29, 0.717) is 5.69 Å². The number of nitrogens with one attached hydrogen (secondary N) is 2. The molecule has 0 aromatic carbocycles. The summed E-state index contributed by atoms with van der Waals surface area (Å²) in [4.78, 5) is 15.6. The second-order valence-electron chi connectivity index (χ2n) is 3.00. The van der Waals surface area contributed by atoms with E-state index in [1.54, 1.807) is 18.3 Å². The predicted octanol–water partition coefficient (Wildman–Crippen LogP) is 0.760. The summed E-state index contributed by atoms with van der Waals surface area (Å²) in [6, 6.07) is 3.49. The van der Waals surface area contributed by atoms with E-state index >= 15 is 0 Å². The Hall–Kier alpha value is -2.24. The molecule has 6 heteroatoms. The monoisotopic (exact) mass is 203 g/mol. The maximum atomic E-state index is 11.5. The lowest BCUT2D eigenvalue weighted by atomic mass is 10.3. The number of carbonyl (C=O) groups is 1. The molecule has 15 heavy (non-hydrogen) atoms. The first-order valence-electron chi connectivity index (χ1n) is 4.35. The molecule has 1 amide bonds. The van der Waals surface area contributed by atoms with Gasteiger partial charge in [0.15, 0.2) is 5.69 Å². The van der Waals surface area contributed by atoms with Gasteiger partial charge in [-0.2, -0.15) is 15.4 Å². The van der Waals surface area contributed by atoms with Crippen molar-refractivity contribution < 1.29 is 4.79 Å². The fourth-order valence-electron chi connectivity index (χ4n) is 1.13. The zero-order chi connectivity index (χ0) is 10.7. The van der Waals surface area contributed by atoms with Crippen LogP contribution in [0.2, 0.25) is 0 Å². The van der Waals surface area contributed by atoms with Crippen molar-refractivity contribution in [3.05, 3.63) is 35.9 Å². The standard InChI is InChI=1S/C9H9N5O/c1-6-4-7(2-3-10-6)12-9(15)8-5-11-14-13-8/h2-5H,1H3,(H,10,12,15)(H,11,13,14). The van der Waals surface area contributed by atoms with Crippen molar-refractivity contribution in [2.24, 2.45) is 0 Å². The molecule has 2 aromatic heterocycles. The summed E-state index contributed by atoms with van der Waals surface area (Å²) in [5.74, 6) is -0.297. The van der Waals surface area contributed by atoms with E-state index in [0.717, 1.165) is 5.69 Å². The number of nitrogens with zero attached hydrogens (tertiary/aromatic N) is 3. The third-order valence-electron chi connectivity index (χ3n) is 1.80. The number of hydrogen-bond acceptors (Lipinski definition) is 4. The van der Waals surface area contributed by atoms with Crippen molar-refractivity contribution >= 4 is 11.6 Å². The fourth-order valence-corrected chi connectivity index (χ4v) is 1.13. The lowest BCUT2D eigenvalue weighted by molar-refractivity contribution is 0.102. The number of hydrogen-bond donors (Lipinski definition) is 2. The number of carbonyl (C=O) groups excluding carboxylic acids is 1. The number of H-pyrrole nitrogens is 1. The highest BCUT2D eigenvalue weighted by Gasteiger charge is 2.08. The summed E-state index contributed by atoms with van der Waals surface area (Å²) >= 11 is 0. The SMILES string of the molecule is Cc1cc(NC(=O)c2cn[nH]n2)ccn1. The Labute approximate surface area is 85.7 Å². The summed E-state index contributed by atoms with van der Waals surface area (Å²) in [5, 5.41) is 12.3. The van der Waals surface area contributed by atoms with Gasteiger partial charge >= 0.3 is 0 Å². The number of rotatable bonds is 2. The second kappa shape index (κ2) is 3.87. The van der Waals surface area contributed by atoms with Gasteiger partial charge in [-0.05, 0) is 19.1 Å². The van der Waals surface area contributed by atoms with Gasteiger partial charge in [-0.15, -0.1) is 0 Å². The number of amides is 1. The second-order valence-corrected chi connectivity index (χ2v) is 3.00. The quantitative estimate of drug-likeness (QED) is 0.754. The van der Waals surface area contributed by atoms with E-state index in [-0.39, 0.29) is 11.6 Å². The van der Waals surface area contributed by atoms with Gasteiger partial charge < -0.3 is 5.32 Å². The van der Waals surface area contributed by atoms with E-state index < -0.39 is 0 Å². The van der Waals surface area contributed by atoms with Crippen molar-refractivity contribution in [2.75, 3.05) is 5.32 Å². The molecule has 0 spiro atoms. The van der Waals surface area contributed by atoms with Gasteiger partial charge in [0.1, 0.15) is 0 Å². The maximum absolute atomic E-state index is 11.5. The summed E-state index contributed by atoms with van der Waals surface area (Å²) < 4.78 is 0. The van der Waals surface area contributed by atoms with Crippen LogP contribution >= 0.6 is 0 Å². The van der Waals surface area contributed by atoms with Crippen LogP contribution in [-0.4, -0.2) is 26.3 Å². The van der Waals surface area contributed by atoms with Crippen molar-refractivity contribution in [1.82, 2.24) is 20.4 Å². The largest absolute Gasteiger partial charge is 0.320 e. The van der Waals surface area contributed by atoms with Crippen LogP contribution in [0.25, 0.3) is 0 Å². The average Bonchev–Trinajstić information content (AvgIpc) is 2.70. The summed E-state index contributed by atoms with van der Waals surface area (Å²) in [5.41, 5.74) is 1.79. The molecule has 2 N–H and O–H groups in total. The molecular formula is C9H9N5O. The van der Waals surface area contributed by atoms with Crippen LogP contribution in [-0.2, 0) is 0 Å². The highest BCUT2D eigenvalue weighted by molar-refractivity contribution is 6.02. The molecule has 0 saturated carbocycles. The Bertz CT molecular complexity index is 465. The Kier molecular flexibility index (Phi) is 2.40. The minimum atomic E-state index is -0.297. The molecule has 0 unspecified atom stereocenters. The number of anilines is 1. The third kappa shape index (κ3) is 2.16. The summed E-state index contributed by atoms with van der Waals surface area (Å²) in [6.45, 7) is 1.85. The van der Waals surface area contributed by atoms with E-state index in [1.807, 2.05) is 6.92 Å². The van der Waals surface area contributed by atoms with Crippen LogP contribution in [0.4, 0.5) is 5.69 Å². The average molecular weight is 203 g/mol. The zero-order valence-corrected chi connectivity index (χ0v) is 8.06. The highest BCUT2D eigenvalue weighted by Crippen LogP contribution is 2.08. The molecule has 0 fully saturated rings. The molecule has 2 heterocycles. The first-order chi connectivity index (χ1) is 7.25. The van der Waals surface area contributed by atoms with Crippen molar-refractivity contribution in [2.45, 2.75) is 6.92 Å². The van der Waals surface area contributed by atoms with Crippen molar-refractivity contribution in [3.63, 3.8) is 0 Å². The van der Waals surface area contributed by atoms with Gasteiger partial charge in [0, 0.05) is 17.6 Å². The minimum absolute atomic E-state index is 0.254. The molecule has 2 aromatic rings. The Morgan fingerprint density at radius 2 is 2.40 bits per heavy atom.